The average molecular weight is 494 g/mol. The minimum absolute atomic E-state index is 0.0962. The van der Waals surface area contributed by atoms with E-state index >= 15 is 0 Å². The molecule has 1 heterocycles. The third-order valence-electron chi connectivity index (χ3n) is 5.99. The van der Waals surface area contributed by atoms with E-state index in [1.165, 1.54) is 0 Å². The maximum absolute atomic E-state index is 13.1. The number of benzene rings is 2. The molecule has 1 aliphatic carbocycles. The Hall–Kier alpha value is -3.39. The van der Waals surface area contributed by atoms with E-state index in [2.05, 4.69) is 10.6 Å². The smallest absolute Gasteiger partial charge is 0.258 e. The van der Waals surface area contributed by atoms with Gasteiger partial charge in [-0.05, 0) is 73.2 Å². The highest BCUT2D eigenvalue weighted by Crippen LogP contribution is 2.32. The molecule has 2 aromatic carbocycles. The summed E-state index contributed by atoms with van der Waals surface area (Å²) in [6, 6.07) is 13.4. The normalized spacial score (nSPS) is 15.2. The number of nitrogens with zero attached hydrogens (tertiary/aromatic N) is 1. The van der Waals surface area contributed by atoms with Crippen LogP contribution in [0.1, 0.15) is 42.1 Å². The van der Waals surface area contributed by atoms with Gasteiger partial charge in [-0.2, -0.15) is 0 Å². The molecule has 8 heteroatoms. The van der Waals surface area contributed by atoms with Crippen LogP contribution >= 0.6 is 0 Å². The van der Waals surface area contributed by atoms with E-state index in [1.54, 1.807) is 53.4 Å². The molecule has 184 valence electrons. The highest BCUT2D eigenvalue weighted by molar-refractivity contribution is 7.91. The monoisotopic (exact) mass is 493 g/mol. The average Bonchev–Trinajstić information content (AvgIpc) is 3.67. The molecule has 2 aliphatic rings. The molecule has 0 bridgehead atoms. The Balaban J connectivity index is 1.35. The lowest BCUT2D eigenvalue weighted by Gasteiger charge is -2.25. The van der Waals surface area contributed by atoms with Crippen LogP contribution in [0.15, 0.2) is 77.5 Å². The molecule has 0 aromatic heterocycles. The van der Waals surface area contributed by atoms with Gasteiger partial charge in [-0.25, -0.2) is 8.42 Å². The number of hydrogen-bond acceptors (Lipinski definition) is 5. The molecule has 1 aliphatic heterocycles. The van der Waals surface area contributed by atoms with Gasteiger partial charge in [-0.1, -0.05) is 25.1 Å². The molecule has 4 rings (SSSR count). The first kappa shape index (κ1) is 24.7. The van der Waals surface area contributed by atoms with E-state index in [0.29, 0.717) is 28.6 Å². The summed E-state index contributed by atoms with van der Waals surface area (Å²) >= 11 is 0. The van der Waals surface area contributed by atoms with Crippen LogP contribution in [0.4, 0.5) is 5.69 Å². The lowest BCUT2D eigenvalue weighted by atomic mass is 10.1. The summed E-state index contributed by atoms with van der Waals surface area (Å²) in [5.41, 5.74) is 2.69. The third-order valence-corrected chi connectivity index (χ3v) is 7.89. The van der Waals surface area contributed by atoms with Gasteiger partial charge < -0.3 is 15.5 Å². The molecular weight excluding hydrogens is 462 g/mol. The van der Waals surface area contributed by atoms with Crippen LogP contribution in [0, 0.1) is 5.92 Å². The van der Waals surface area contributed by atoms with Crippen LogP contribution in [0.3, 0.4) is 0 Å². The quantitative estimate of drug-likeness (QED) is 0.523. The van der Waals surface area contributed by atoms with E-state index in [-0.39, 0.29) is 24.0 Å². The van der Waals surface area contributed by atoms with Crippen LogP contribution in [0.5, 0.6) is 0 Å². The highest BCUT2D eigenvalue weighted by atomic mass is 32.2. The zero-order valence-corrected chi connectivity index (χ0v) is 20.7. The van der Waals surface area contributed by atoms with Crippen molar-refractivity contribution >= 4 is 27.3 Å². The number of rotatable bonds is 10. The number of carbonyl (C=O) groups is 2. The van der Waals surface area contributed by atoms with Crippen molar-refractivity contribution in [2.75, 3.05) is 24.2 Å². The number of sulfone groups is 1. The van der Waals surface area contributed by atoms with Gasteiger partial charge >= 0.3 is 0 Å². The number of anilines is 1. The predicted molar refractivity (Wildman–Crippen MR) is 137 cm³/mol. The summed E-state index contributed by atoms with van der Waals surface area (Å²) in [6.07, 6.45) is 8.68. The second kappa shape index (κ2) is 10.9. The largest absolute Gasteiger partial charge is 0.386 e. The maximum Gasteiger partial charge on any atom is 0.258 e. The summed E-state index contributed by atoms with van der Waals surface area (Å²) in [6.45, 7) is 3.38. The van der Waals surface area contributed by atoms with E-state index in [9.17, 15) is 18.0 Å². The molecule has 2 N–H and O–H groups in total. The SMILES string of the molecule is CCCN(C(=O)c1ccc(NC(=O)Cc2ccc(S(=O)(=O)CC3CC3)cc2)cc1)C1=CNCC=C1. The predicted octanol–water partition coefficient (Wildman–Crippen LogP) is 3.90. The van der Waals surface area contributed by atoms with Crippen molar-refractivity contribution < 1.29 is 18.0 Å². The zero-order valence-electron chi connectivity index (χ0n) is 19.9. The number of dihydropyridines is 1. The molecule has 0 saturated heterocycles. The fourth-order valence-electron chi connectivity index (χ4n) is 3.95. The summed E-state index contributed by atoms with van der Waals surface area (Å²) in [5, 5.41) is 5.97. The van der Waals surface area contributed by atoms with E-state index in [4.69, 9.17) is 0 Å². The molecule has 0 spiro atoms. The lowest BCUT2D eigenvalue weighted by molar-refractivity contribution is -0.115. The van der Waals surface area contributed by atoms with Crippen LogP contribution in [0.25, 0.3) is 0 Å². The topological polar surface area (TPSA) is 95.6 Å². The molecule has 0 unspecified atom stereocenters. The Bertz CT molecular complexity index is 1230. The molecule has 35 heavy (non-hydrogen) atoms. The first-order chi connectivity index (χ1) is 16.9. The number of allylic oxidation sites excluding steroid dienone is 1. The number of nitrogens with one attached hydrogen (secondary N) is 2. The molecule has 2 aromatic rings. The lowest BCUT2D eigenvalue weighted by Crippen LogP contribution is -2.32. The van der Waals surface area contributed by atoms with Gasteiger partial charge in [0.25, 0.3) is 5.91 Å². The fraction of sp³-hybridized carbons (Fsp3) is 0.333. The zero-order chi connectivity index (χ0) is 24.8. The summed E-state index contributed by atoms with van der Waals surface area (Å²) in [4.78, 5) is 27.6. The molecule has 7 nitrogen and oxygen atoms in total. The molecule has 0 radical (unpaired) electrons. The number of hydrogen-bond donors (Lipinski definition) is 2. The van der Waals surface area contributed by atoms with Crippen molar-refractivity contribution in [3.05, 3.63) is 83.7 Å². The molecule has 1 fully saturated rings. The number of carbonyl (C=O) groups excluding carboxylic acids is 2. The Labute approximate surface area is 206 Å². The summed E-state index contributed by atoms with van der Waals surface area (Å²) in [7, 11) is -3.26. The summed E-state index contributed by atoms with van der Waals surface area (Å²) in [5.74, 6) is 0.183. The van der Waals surface area contributed by atoms with Gasteiger partial charge in [-0.3, -0.25) is 9.59 Å². The van der Waals surface area contributed by atoms with E-state index in [0.717, 1.165) is 37.1 Å². The van der Waals surface area contributed by atoms with Gasteiger partial charge in [0.1, 0.15) is 0 Å². The van der Waals surface area contributed by atoms with Gasteiger partial charge in [0, 0.05) is 30.5 Å². The Morgan fingerprint density at radius 3 is 2.37 bits per heavy atom. The molecule has 2 amide bonds. The van der Waals surface area contributed by atoms with Gasteiger partial charge in [0.15, 0.2) is 9.84 Å². The third kappa shape index (κ3) is 6.60. The fourth-order valence-corrected chi connectivity index (χ4v) is 5.64. The number of amides is 2. The Morgan fingerprint density at radius 1 is 1.06 bits per heavy atom. The van der Waals surface area contributed by atoms with Gasteiger partial charge in [0.2, 0.25) is 5.91 Å². The van der Waals surface area contributed by atoms with Crippen molar-refractivity contribution in [1.29, 1.82) is 0 Å². The molecular formula is C27H31N3O4S. The standard InChI is InChI=1S/C27H31N3O4S/c1-2-16-30(24-4-3-15-28-18-24)27(32)22-9-11-23(12-10-22)29-26(31)17-20-7-13-25(14-8-20)35(33,34)19-21-5-6-21/h3-4,7-14,18,21,28H,2,5-6,15-17,19H2,1H3,(H,29,31). The van der Waals surface area contributed by atoms with E-state index in [1.807, 2.05) is 25.3 Å². The van der Waals surface area contributed by atoms with Crippen molar-refractivity contribution in [3.63, 3.8) is 0 Å². The highest BCUT2D eigenvalue weighted by Gasteiger charge is 2.29. The minimum atomic E-state index is -3.26. The van der Waals surface area contributed by atoms with Crippen LogP contribution in [-0.4, -0.2) is 44.0 Å². The van der Waals surface area contributed by atoms with Crippen molar-refractivity contribution in [1.82, 2.24) is 10.2 Å². The first-order valence-electron chi connectivity index (χ1n) is 12.0. The van der Waals surface area contributed by atoms with Gasteiger partial charge in [0.05, 0.1) is 22.8 Å². The van der Waals surface area contributed by atoms with Crippen LogP contribution in [-0.2, 0) is 21.1 Å². The molecule has 0 atom stereocenters. The van der Waals surface area contributed by atoms with E-state index < -0.39 is 9.84 Å². The van der Waals surface area contributed by atoms with Crippen LogP contribution in [0.2, 0.25) is 0 Å². The first-order valence-corrected chi connectivity index (χ1v) is 13.6. The Morgan fingerprint density at radius 2 is 1.77 bits per heavy atom. The minimum Gasteiger partial charge on any atom is -0.386 e. The second-order valence-corrected chi connectivity index (χ2v) is 11.0. The van der Waals surface area contributed by atoms with Crippen LogP contribution < -0.4 is 10.6 Å². The van der Waals surface area contributed by atoms with Crippen molar-refractivity contribution in [3.8, 4) is 0 Å². The van der Waals surface area contributed by atoms with Crippen molar-refractivity contribution in [2.45, 2.75) is 37.5 Å². The summed E-state index contributed by atoms with van der Waals surface area (Å²) < 4.78 is 24.8. The second-order valence-electron chi connectivity index (χ2n) is 9.01. The maximum atomic E-state index is 13.1. The Kier molecular flexibility index (Phi) is 7.70. The molecule has 1 saturated carbocycles. The van der Waals surface area contributed by atoms with Crippen molar-refractivity contribution in [2.24, 2.45) is 5.92 Å². The van der Waals surface area contributed by atoms with Gasteiger partial charge in [-0.15, -0.1) is 0 Å².